The summed E-state index contributed by atoms with van der Waals surface area (Å²) in [5.41, 5.74) is 0.777. The average Bonchev–Trinajstić information content (AvgIpc) is 3.25. The van der Waals surface area contributed by atoms with Gasteiger partial charge in [-0.05, 0) is 37.5 Å². The molecule has 1 N–H and O–H groups in total. The molecular formula is C15H18N2O4. The molecule has 2 aromatic rings. The van der Waals surface area contributed by atoms with Gasteiger partial charge in [-0.3, -0.25) is 0 Å². The lowest BCUT2D eigenvalue weighted by Crippen LogP contribution is -2.01. The van der Waals surface area contributed by atoms with Crippen molar-refractivity contribution in [3.63, 3.8) is 0 Å². The van der Waals surface area contributed by atoms with Gasteiger partial charge in [0.2, 0.25) is 0 Å². The van der Waals surface area contributed by atoms with Gasteiger partial charge in [-0.2, -0.15) is 4.98 Å². The summed E-state index contributed by atoms with van der Waals surface area (Å²) in [6.07, 6.45) is 2.27. The van der Waals surface area contributed by atoms with Crippen molar-refractivity contribution in [2.45, 2.75) is 38.9 Å². The van der Waals surface area contributed by atoms with Gasteiger partial charge >= 0.3 is 0 Å². The molecule has 1 fully saturated rings. The molecule has 1 aliphatic carbocycles. The summed E-state index contributed by atoms with van der Waals surface area (Å²) in [5, 5.41) is 13.1. The highest BCUT2D eigenvalue weighted by Gasteiger charge is 2.28. The molecular weight excluding hydrogens is 272 g/mol. The molecule has 0 spiro atoms. The zero-order valence-corrected chi connectivity index (χ0v) is 11.9. The third-order valence-corrected chi connectivity index (χ3v) is 3.27. The first-order chi connectivity index (χ1) is 10.3. The Bertz CT molecular complexity index is 607. The van der Waals surface area contributed by atoms with E-state index >= 15 is 0 Å². The fourth-order valence-corrected chi connectivity index (χ4v) is 2.01. The fraction of sp³-hybridized carbons (Fsp3) is 0.467. The summed E-state index contributed by atoms with van der Waals surface area (Å²) in [4.78, 5) is 4.31. The van der Waals surface area contributed by atoms with Crippen LogP contribution in [0.25, 0.3) is 0 Å². The van der Waals surface area contributed by atoms with E-state index in [0.717, 1.165) is 24.2 Å². The largest absolute Gasteiger partial charge is 0.490 e. The SMILES string of the molecule is CCOc1cc(CO)ccc1OCc1nc(C2CC2)no1. The average molecular weight is 290 g/mol. The highest BCUT2D eigenvalue weighted by Crippen LogP contribution is 2.38. The fourth-order valence-electron chi connectivity index (χ4n) is 2.01. The van der Waals surface area contributed by atoms with Gasteiger partial charge in [-0.15, -0.1) is 0 Å². The van der Waals surface area contributed by atoms with Gasteiger partial charge in [0, 0.05) is 5.92 Å². The minimum atomic E-state index is -0.0330. The molecule has 0 atom stereocenters. The van der Waals surface area contributed by atoms with Crippen LogP contribution in [0.2, 0.25) is 0 Å². The monoisotopic (exact) mass is 290 g/mol. The Labute approximate surface area is 122 Å². The van der Waals surface area contributed by atoms with E-state index in [1.165, 1.54) is 0 Å². The molecule has 0 radical (unpaired) electrons. The Morgan fingerprint density at radius 3 is 2.86 bits per heavy atom. The number of aliphatic hydroxyl groups excluding tert-OH is 1. The molecule has 1 saturated carbocycles. The summed E-state index contributed by atoms with van der Waals surface area (Å²) in [5.74, 6) is 2.90. The zero-order valence-electron chi connectivity index (χ0n) is 11.9. The normalized spacial score (nSPS) is 14.2. The maximum atomic E-state index is 9.16. The Morgan fingerprint density at radius 1 is 1.29 bits per heavy atom. The number of nitrogens with zero attached hydrogens (tertiary/aromatic N) is 2. The molecule has 6 heteroatoms. The second-order valence-electron chi connectivity index (χ2n) is 4.98. The molecule has 0 bridgehead atoms. The third-order valence-electron chi connectivity index (χ3n) is 3.27. The van der Waals surface area contributed by atoms with E-state index in [2.05, 4.69) is 10.1 Å². The van der Waals surface area contributed by atoms with E-state index in [0.29, 0.717) is 29.9 Å². The van der Waals surface area contributed by atoms with Crippen molar-refractivity contribution >= 4 is 0 Å². The summed E-state index contributed by atoms with van der Waals surface area (Å²) < 4.78 is 16.4. The Kier molecular flexibility index (Phi) is 4.06. The molecule has 0 aliphatic heterocycles. The number of aromatic nitrogens is 2. The van der Waals surface area contributed by atoms with E-state index in [1.807, 2.05) is 6.92 Å². The van der Waals surface area contributed by atoms with Gasteiger partial charge in [-0.25, -0.2) is 0 Å². The van der Waals surface area contributed by atoms with E-state index in [9.17, 15) is 0 Å². The predicted octanol–water partition coefficient (Wildman–Crippen LogP) is 2.42. The molecule has 3 rings (SSSR count). The number of hydrogen-bond donors (Lipinski definition) is 1. The molecule has 21 heavy (non-hydrogen) atoms. The maximum Gasteiger partial charge on any atom is 0.264 e. The lowest BCUT2D eigenvalue weighted by atomic mass is 10.2. The van der Waals surface area contributed by atoms with Crippen molar-refractivity contribution < 1.29 is 19.1 Å². The molecule has 1 aliphatic rings. The first-order valence-electron chi connectivity index (χ1n) is 7.12. The molecule has 0 saturated heterocycles. The lowest BCUT2D eigenvalue weighted by molar-refractivity contribution is 0.227. The predicted molar refractivity (Wildman–Crippen MR) is 74.1 cm³/mol. The number of aliphatic hydroxyl groups is 1. The second kappa shape index (κ2) is 6.13. The summed E-state index contributed by atoms with van der Waals surface area (Å²) in [6.45, 7) is 2.60. The number of ether oxygens (including phenoxy) is 2. The van der Waals surface area contributed by atoms with E-state index < -0.39 is 0 Å². The van der Waals surface area contributed by atoms with Crippen LogP contribution in [0, 0.1) is 0 Å². The van der Waals surface area contributed by atoms with Crippen molar-refractivity contribution in [2.24, 2.45) is 0 Å². The van der Waals surface area contributed by atoms with E-state index in [-0.39, 0.29) is 13.2 Å². The van der Waals surface area contributed by atoms with Gasteiger partial charge in [-0.1, -0.05) is 11.2 Å². The Hall–Kier alpha value is -2.08. The zero-order chi connectivity index (χ0) is 14.7. The molecule has 6 nitrogen and oxygen atoms in total. The van der Waals surface area contributed by atoms with Crippen molar-refractivity contribution in [3.8, 4) is 11.5 Å². The third kappa shape index (κ3) is 3.33. The quantitative estimate of drug-likeness (QED) is 0.843. The molecule has 0 unspecified atom stereocenters. The minimum absolute atomic E-state index is 0.0330. The first-order valence-corrected chi connectivity index (χ1v) is 7.12. The summed E-state index contributed by atoms with van der Waals surface area (Å²) in [7, 11) is 0. The second-order valence-corrected chi connectivity index (χ2v) is 4.98. The van der Waals surface area contributed by atoms with Crippen molar-refractivity contribution in [2.75, 3.05) is 6.61 Å². The molecule has 1 heterocycles. The maximum absolute atomic E-state index is 9.16. The van der Waals surface area contributed by atoms with Crippen LogP contribution in [0.1, 0.15) is 43.0 Å². The van der Waals surface area contributed by atoms with Crippen LogP contribution in [0.3, 0.4) is 0 Å². The van der Waals surface area contributed by atoms with Crippen LogP contribution < -0.4 is 9.47 Å². The van der Waals surface area contributed by atoms with Crippen LogP contribution >= 0.6 is 0 Å². The number of rotatable bonds is 7. The number of benzene rings is 1. The van der Waals surface area contributed by atoms with Gasteiger partial charge in [0.1, 0.15) is 0 Å². The smallest absolute Gasteiger partial charge is 0.264 e. The first kappa shape index (κ1) is 13.9. The van der Waals surface area contributed by atoms with Crippen LogP contribution in [-0.4, -0.2) is 21.9 Å². The molecule has 112 valence electrons. The lowest BCUT2D eigenvalue weighted by Gasteiger charge is -2.11. The van der Waals surface area contributed by atoms with Crippen LogP contribution in [0.5, 0.6) is 11.5 Å². The standard InChI is InChI=1S/C15H18N2O4/c1-2-19-13-7-10(8-18)3-6-12(13)20-9-14-16-15(17-21-14)11-4-5-11/h3,6-7,11,18H,2,4-5,8-9H2,1H3. The van der Waals surface area contributed by atoms with E-state index in [1.54, 1.807) is 18.2 Å². The van der Waals surface area contributed by atoms with Crippen molar-refractivity contribution in [3.05, 3.63) is 35.5 Å². The van der Waals surface area contributed by atoms with Crippen molar-refractivity contribution in [1.82, 2.24) is 10.1 Å². The van der Waals surface area contributed by atoms with Crippen LogP contribution in [0.15, 0.2) is 22.7 Å². The molecule has 1 aromatic carbocycles. The van der Waals surface area contributed by atoms with Crippen LogP contribution in [0.4, 0.5) is 0 Å². The summed E-state index contributed by atoms with van der Waals surface area (Å²) >= 11 is 0. The van der Waals surface area contributed by atoms with Crippen LogP contribution in [-0.2, 0) is 13.2 Å². The molecule has 1 aromatic heterocycles. The Balaban J connectivity index is 1.67. The Morgan fingerprint density at radius 2 is 2.14 bits per heavy atom. The highest BCUT2D eigenvalue weighted by molar-refractivity contribution is 5.42. The van der Waals surface area contributed by atoms with Gasteiger partial charge < -0.3 is 19.1 Å². The van der Waals surface area contributed by atoms with Gasteiger partial charge in [0.25, 0.3) is 5.89 Å². The topological polar surface area (TPSA) is 77.6 Å². The number of hydrogen-bond acceptors (Lipinski definition) is 6. The van der Waals surface area contributed by atoms with Gasteiger partial charge in [0.05, 0.1) is 13.2 Å². The molecule has 0 amide bonds. The van der Waals surface area contributed by atoms with Crippen molar-refractivity contribution in [1.29, 1.82) is 0 Å². The highest BCUT2D eigenvalue weighted by atomic mass is 16.5. The van der Waals surface area contributed by atoms with Gasteiger partial charge in [0.15, 0.2) is 23.9 Å². The minimum Gasteiger partial charge on any atom is -0.490 e. The van der Waals surface area contributed by atoms with E-state index in [4.69, 9.17) is 19.1 Å². The summed E-state index contributed by atoms with van der Waals surface area (Å²) in [6, 6.07) is 5.33.